The van der Waals surface area contributed by atoms with Crippen LogP contribution in [0.4, 0.5) is 29.3 Å². The first-order valence-corrected chi connectivity index (χ1v) is 18.8. The molecule has 2 aromatic carbocycles. The summed E-state index contributed by atoms with van der Waals surface area (Å²) in [5, 5.41) is 10.0. The lowest BCUT2D eigenvalue weighted by atomic mass is 10.1. The number of nitrogens with zero attached hydrogens (tertiary/aromatic N) is 1. The maximum absolute atomic E-state index is 13.6. The number of anilines is 2. The summed E-state index contributed by atoms with van der Waals surface area (Å²) in [6, 6.07) is 13.0. The van der Waals surface area contributed by atoms with E-state index in [4.69, 9.17) is 28.4 Å². The maximum Gasteiger partial charge on any atom is 0.407 e. The van der Waals surface area contributed by atoms with E-state index < -0.39 is 24.4 Å². The van der Waals surface area contributed by atoms with E-state index in [0.717, 1.165) is 23.4 Å². The molecule has 1 aliphatic rings. The minimum absolute atomic E-state index is 0.197. The third-order valence-electron chi connectivity index (χ3n) is 7.82. The van der Waals surface area contributed by atoms with Crippen LogP contribution in [0.1, 0.15) is 39.3 Å². The standard InChI is InChI=1S/C38H52F3N5O7S/c1-37(2,3)53-36(47)43-15-19-50-21-23-52-24-22-51-20-16-44-54-30-10-11-33(35(26-30)48-4)42-14-6-7-29-25-31-32(45-28-12-17-49-18-13-28)8-5-9-34(31)46(29)27-38(39,40)41/h5,8-11,25-26,28,42,44-45H,12-24,27H2,1-4H3,(H,43,47). The molecule has 0 radical (unpaired) electrons. The summed E-state index contributed by atoms with van der Waals surface area (Å²) >= 11 is 1.44. The average Bonchev–Trinajstić information content (AvgIpc) is 3.46. The Hall–Kier alpha value is -3.85. The van der Waals surface area contributed by atoms with Gasteiger partial charge in [0.05, 0.1) is 70.2 Å². The lowest BCUT2D eigenvalue weighted by Gasteiger charge is -2.24. The third kappa shape index (κ3) is 15.5. The first-order valence-electron chi connectivity index (χ1n) is 18.0. The number of halogens is 3. The van der Waals surface area contributed by atoms with Gasteiger partial charge in [-0.2, -0.15) is 13.2 Å². The molecule has 54 heavy (non-hydrogen) atoms. The number of carbonyl (C=O) groups is 1. The number of alkyl carbamates (subject to hydrolysis) is 1. The van der Waals surface area contributed by atoms with Crippen molar-refractivity contribution in [1.29, 1.82) is 0 Å². The van der Waals surface area contributed by atoms with E-state index in [2.05, 4.69) is 32.5 Å². The zero-order chi connectivity index (χ0) is 38.8. The fourth-order valence-electron chi connectivity index (χ4n) is 5.41. The molecule has 1 aromatic heterocycles. The Balaban J connectivity index is 1.15. The lowest BCUT2D eigenvalue weighted by molar-refractivity contribution is -0.140. The highest BCUT2D eigenvalue weighted by molar-refractivity contribution is 7.97. The van der Waals surface area contributed by atoms with Crippen LogP contribution >= 0.6 is 11.9 Å². The lowest BCUT2D eigenvalue weighted by Crippen LogP contribution is -2.34. The Labute approximate surface area is 319 Å². The van der Waals surface area contributed by atoms with Crippen molar-refractivity contribution in [2.75, 3.05) is 90.2 Å². The van der Waals surface area contributed by atoms with Crippen molar-refractivity contribution in [1.82, 2.24) is 14.6 Å². The number of carbonyl (C=O) groups excluding carboxylic acids is 1. The second-order valence-corrected chi connectivity index (χ2v) is 14.2. The molecule has 4 N–H and O–H groups in total. The Morgan fingerprint density at radius 2 is 1.65 bits per heavy atom. The van der Waals surface area contributed by atoms with Gasteiger partial charge in [-0.15, -0.1) is 0 Å². The second-order valence-electron chi connectivity index (χ2n) is 13.3. The Morgan fingerprint density at radius 1 is 0.944 bits per heavy atom. The van der Waals surface area contributed by atoms with Crippen LogP contribution < -0.4 is 25.4 Å². The van der Waals surface area contributed by atoms with Crippen molar-refractivity contribution in [3.63, 3.8) is 0 Å². The molecule has 0 saturated carbocycles. The van der Waals surface area contributed by atoms with Gasteiger partial charge in [-0.1, -0.05) is 12.0 Å². The zero-order valence-corrected chi connectivity index (χ0v) is 32.2. The Morgan fingerprint density at radius 3 is 2.33 bits per heavy atom. The predicted octanol–water partition coefficient (Wildman–Crippen LogP) is 6.44. The van der Waals surface area contributed by atoms with Crippen LogP contribution in [-0.2, 0) is 30.2 Å². The predicted molar refractivity (Wildman–Crippen MR) is 204 cm³/mol. The van der Waals surface area contributed by atoms with Gasteiger partial charge < -0.3 is 48.9 Å². The number of aromatic nitrogens is 1. The highest BCUT2D eigenvalue weighted by Gasteiger charge is 2.30. The molecule has 0 bridgehead atoms. The van der Waals surface area contributed by atoms with E-state index in [0.29, 0.717) is 94.0 Å². The second kappa shape index (κ2) is 21.9. The van der Waals surface area contributed by atoms with Gasteiger partial charge in [-0.3, -0.25) is 4.72 Å². The summed E-state index contributed by atoms with van der Waals surface area (Å²) in [6.45, 7) is 9.34. The highest BCUT2D eigenvalue weighted by atomic mass is 32.2. The van der Waals surface area contributed by atoms with Gasteiger partial charge in [0.1, 0.15) is 17.9 Å². The molecule has 3 aromatic rings. The largest absolute Gasteiger partial charge is 0.495 e. The van der Waals surface area contributed by atoms with Gasteiger partial charge >= 0.3 is 12.3 Å². The number of amides is 1. The van der Waals surface area contributed by atoms with Gasteiger partial charge in [0.25, 0.3) is 0 Å². The van der Waals surface area contributed by atoms with E-state index in [9.17, 15) is 18.0 Å². The van der Waals surface area contributed by atoms with Crippen LogP contribution in [0.3, 0.4) is 0 Å². The molecule has 0 aliphatic carbocycles. The van der Waals surface area contributed by atoms with E-state index in [1.807, 2.05) is 24.3 Å². The molecule has 0 spiro atoms. The van der Waals surface area contributed by atoms with Crippen LogP contribution in [0, 0.1) is 11.8 Å². The number of fused-ring (bicyclic) bond motifs is 1. The number of methoxy groups -OCH3 is 1. The molecule has 0 unspecified atom stereocenters. The van der Waals surface area contributed by atoms with E-state index >= 15 is 0 Å². The summed E-state index contributed by atoms with van der Waals surface area (Å²) in [5.74, 6) is 6.55. The maximum atomic E-state index is 13.6. The quantitative estimate of drug-likeness (QED) is 0.0576. The zero-order valence-electron chi connectivity index (χ0n) is 31.4. The van der Waals surface area contributed by atoms with E-state index in [1.54, 1.807) is 46.1 Å². The van der Waals surface area contributed by atoms with Gasteiger partial charge in [-0.25, -0.2) is 4.79 Å². The summed E-state index contributed by atoms with van der Waals surface area (Å²) in [7, 11) is 1.57. The molecule has 2 heterocycles. The first-order chi connectivity index (χ1) is 25.9. The molecular weight excluding hydrogens is 728 g/mol. The average molecular weight is 780 g/mol. The number of rotatable bonds is 20. The summed E-state index contributed by atoms with van der Waals surface area (Å²) < 4.78 is 78.1. The molecule has 1 fully saturated rings. The molecule has 12 nitrogen and oxygen atoms in total. The van der Waals surface area contributed by atoms with Gasteiger partial charge in [0.15, 0.2) is 0 Å². The van der Waals surface area contributed by atoms with Crippen molar-refractivity contribution in [2.24, 2.45) is 0 Å². The monoisotopic (exact) mass is 779 g/mol. The van der Waals surface area contributed by atoms with E-state index in [1.165, 1.54) is 16.5 Å². The fraction of sp³-hybridized carbons (Fsp3) is 0.553. The summed E-state index contributed by atoms with van der Waals surface area (Å²) in [6.07, 6.45) is -3.20. The number of hydrogen-bond acceptors (Lipinski definition) is 11. The smallest absolute Gasteiger partial charge is 0.407 e. The van der Waals surface area contributed by atoms with Crippen LogP contribution in [0.5, 0.6) is 5.75 Å². The number of benzene rings is 2. The minimum Gasteiger partial charge on any atom is -0.495 e. The number of ether oxygens (including phenoxy) is 6. The van der Waals surface area contributed by atoms with Crippen molar-refractivity contribution in [2.45, 2.75) is 62.9 Å². The molecule has 0 atom stereocenters. The molecule has 1 amide bonds. The van der Waals surface area contributed by atoms with Crippen LogP contribution in [-0.4, -0.2) is 108 Å². The summed E-state index contributed by atoms with van der Waals surface area (Å²) in [5.41, 5.74) is 1.74. The normalized spacial score (nSPS) is 13.7. The minimum atomic E-state index is -4.40. The third-order valence-corrected chi connectivity index (χ3v) is 8.66. The van der Waals surface area contributed by atoms with Gasteiger partial charge in [0.2, 0.25) is 0 Å². The van der Waals surface area contributed by atoms with Crippen molar-refractivity contribution >= 4 is 40.3 Å². The highest BCUT2D eigenvalue weighted by Crippen LogP contribution is 2.32. The van der Waals surface area contributed by atoms with Gasteiger partial charge in [-0.05, 0) is 87.9 Å². The van der Waals surface area contributed by atoms with Gasteiger partial charge in [0, 0.05) is 48.3 Å². The molecule has 16 heteroatoms. The van der Waals surface area contributed by atoms with Crippen LogP contribution in [0.25, 0.3) is 10.9 Å². The number of alkyl halides is 3. The molecule has 1 saturated heterocycles. The first kappa shape index (κ1) is 42.9. The Kier molecular flexibility index (Phi) is 17.4. The van der Waals surface area contributed by atoms with Crippen LogP contribution in [0.2, 0.25) is 0 Å². The fourth-order valence-corrected chi connectivity index (χ4v) is 6.06. The van der Waals surface area contributed by atoms with Crippen molar-refractivity contribution in [3.05, 3.63) is 48.2 Å². The topological polar surface area (TPSA) is 126 Å². The van der Waals surface area contributed by atoms with Crippen molar-refractivity contribution in [3.8, 4) is 17.6 Å². The number of hydrogen-bond donors (Lipinski definition) is 4. The molecule has 1 aliphatic heterocycles. The molecule has 298 valence electrons. The molecular formula is C38H52F3N5O7S. The summed E-state index contributed by atoms with van der Waals surface area (Å²) in [4.78, 5) is 12.5. The van der Waals surface area contributed by atoms with Crippen molar-refractivity contribution < 1.29 is 46.4 Å². The molecule has 4 rings (SSSR count). The van der Waals surface area contributed by atoms with Crippen LogP contribution in [0.15, 0.2) is 47.4 Å². The SMILES string of the molecule is COc1cc(SNCCOCCOCCOCCNC(=O)OC(C)(C)C)ccc1NCC#Cc1cc2c(NC3CCOCC3)cccc2n1CC(F)(F)F. The number of nitrogens with one attached hydrogen (secondary N) is 4. The van der Waals surface area contributed by atoms with E-state index in [-0.39, 0.29) is 12.6 Å². The Bertz CT molecular complexity index is 1670.